The van der Waals surface area contributed by atoms with Crippen molar-refractivity contribution in [2.45, 2.75) is 39.2 Å². The summed E-state index contributed by atoms with van der Waals surface area (Å²) >= 11 is 0. The first kappa shape index (κ1) is 21.3. The van der Waals surface area contributed by atoms with E-state index in [4.69, 9.17) is 14.2 Å². The molecule has 2 aromatic carbocycles. The first-order valence-corrected chi connectivity index (χ1v) is 8.64. The van der Waals surface area contributed by atoms with Gasteiger partial charge in [0.25, 0.3) is 0 Å². The van der Waals surface area contributed by atoms with Gasteiger partial charge >= 0.3 is 12.1 Å². The van der Waals surface area contributed by atoms with Crippen LogP contribution in [0.25, 0.3) is 0 Å². The van der Waals surface area contributed by atoms with Gasteiger partial charge in [-0.25, -0.2) is 4.79 Å². The van der Waals surface area contributed by atoms with Gasteiger partial charge in [0.05, 0.1) is 11.7 Å². The first-order valence-electron chi connectivity index (χ1n) is 8.64. The highest BCUT2D eigenvalue weighted by molar-refractivity contribution is 5.82. The van der Waals surface area contributed by atoms with E-state index in [0.29, 0.717) is 17.2 Å². The molecule has 0 N–H and O–H groups in total. The number of hydrogen-bond donors (Lipinski definition) is 0. The predicted molar refractivity (Wildman–Crippen MR) is 98.4 cm³/mol. The molecule has 0 radical (unpaired) electrons. The number of alkyl halides is 3. The SMILES string of the molecule is CC(C)OC(=O)/C=C/C(C)Oc1ccc(Oc2ccc(C(F)(F)F)cc2)cc1. The monoisotopic (exact) mass is 394 g/mol. The van der Waals surface area contributed by atoms with Gasteiger partial charge in [-0.15, -0.1) is 0 Å². The number of rotatable bonds is 7. The maximum atomic E-state index is 12.6. The lowest BCUT2D eigenvalue weighted by molar-refractivity contribution is -0.141. The quantitative estimate of drug-likeness (QED) is 0.442. The average molecular weight is 394 g/mol. The van der Waals surface area contributed by atoms with Crippen LogP contribution in [0.3, 0.4) is 0 Å². The Bertz CT molecular complexity index is 794. The highest BCUT2D eigenvalue weighted by Crippen LogP contribution is 2.31. The van der Waals surface area contributed by atoms with Crippen molar-refractivity contribution in [3.63, 3.8) is 0 Å². The zero-order valence-electron chi connectivity index (χ0n) is 15.7. The van der Waals surface area contributed by atoms with Crippen LogP contribution in [0.5, 0.6) is 17.2 Å². The van der Waals surface area contributed by atoms with Crippen molar-refractivity contribution in [3.05, 3.63) is 66.2 Å². The van der Waals surface area contributed by atoms with Crippen molar-refractivity contribution in [2.24, 2.45) is 0 Å². The molecule has 0 saturated heterocycles. The second-order valence-electron chi connectivity index (χ2n) is 6.26. The van der Waals surface area contributed by atoms with Crippen LogP contribution in [0.4, 0.5) is 13.2 Å². The molecule has 2 rings (SSSR count). The summed E-state index contributed by atoms with van der Waals surface area (Å²) in [6.45, 7) is 5.30. The largest absolute Gasteiger partial charge is 0.487 e. The van der Waals surface area contributed by atoms with Gasteiger partial charge in [0.1, 0.15) is 23.4 Å². The maximum Gasteiger partial charge on any atom is 0.416 e. The normalized spacial score (nSPS) is 12.8. The number of benzene rings is 2. The molecular formula is C21H21F3O4. The Kier molecular flexibility index (Phi) is 7.09. The number of hydrogen-bond acceptors (Lipinski definition) is 4. The minimum absolute atomic E-state index is 0.189. The van der Waals surface area contributed by atoms with Gasteiger partial charge in [-0.1, -0.05) is 0 Å². The molecule has 0 amide bonds. The molecule has 28 heavy (non-hydrogen) atoms. The van der Waals surface area contributed by atoms with Gasteiger partial charge in [-0.2, -0.15) is 13.2 Å². The summed E-state index contributed by atoms with van der Waals surface area (Å²) in [5, 5.41) is 0. The highest BCUT2D eigenvalue weighted by Gasteiger charge is 2.30. The smallest absolute Gasteiger partial charge is 0.416 e. The summed E-state index contributed by atoms with van der Waals surface area (Å²) < 4.78 is 53.9. The molecule has 0 bridgehead atoms. The third-order valence-corrected chi connectivity index (χ3v) is 3.42. The topological polar surface area (TPSA) is 44.8 Å². The summed E-state index contributed by atoms with van der Waals surface area (Å²) in [6, 6.07) is 11.0. The average Bonchev–Trinajstić information content (AvgIpc) is 2.61. The van der Waals surface area contributed by atoms with Crippen LogP contribution in [0.2, 0.25) is 0 Å². The van der Waals surface area contributed by atoms with Crippen LogP contribution in [0.1, 0.15) is 26.3 Å². The second-order valence-corrected chi connectivity index (χ2v) is 6.26. The van der Waals surface area contributed by atoms with E-state index in [0.717, 1.165) is 12.1 Å². The molecule has 0 fully saturated rings. The fourth-order valence-electron chi connectivity index (χ4n) is 2.17. The molecule has 1 unspecified atom stereocenters. The molecule has 0 saturated carbocycles. The molecule has 0 aromatic heterocycles. The van der Waals surface area contributed by atoms with Crippen molar-refractivity contribution in [2.75, 3.05) is 0 Å². The standard InChI is InChI=1S/C21H21F3O4/c1-14(2)26-20(25)13-4-15(3)27-17-9-11-19(12-10-17)28-18-7-5-16(6-8-18)21(22,23)24/h4-15H,1-3H3/b13-4+. The Balaban J connectivity index is 1.91. The Morgan fingerprint density at radius 2 is 1.39 bits per heavy atom. The van der Waals surface area contributed by atoms with E-state index in [1.807, 2.05) is 0 Å². The fourth-order valence-corrected chi connectivity index (χ4v) is 2.17. The van der Waals surface area contributed by atoms with Crippen LogP contribution < -0.4 is 9.47 Å². The molecule has 2 aromatic rings. The minimum atomic E-state index is -4.38. The van der Waals surface area contributed by atoms with Crippen LogP contribution >= 0.6 is 0 Å². The van der Waals surface area contributed by atoms with E-state index in [2.05, 4.69) is 0 Å². The molecule has 7 heteroatoms. The van der Waals surface area contributed by atoms with Crippen molar-refractivity contribution in [1.82, 2.24) is 0 Å². The van der Waals surface area contributed by atoms with E-state index in [1.165, 1.54) is 18.2 Å². The molecule has 0 heterocycles. The van der Waals surface area contributed by atoms with Crippen molar-refractivity contribution >= 4 is 5.97 Å². The van der Waals surface area contributed by atoms with Crippen LogP contribution in [-0.4, -0.2) is 18.2 Å². The summed E-state index contributed by atoms with van der Waals surface area (Å²) in [5.74, 6) is 0.859. The highest BCUT2D eigenvalue weighted by atomic mass is 19.4. The van der Waals surface area contributed by atoms with E-state index < -0.39 is 17.7 Å². The third-order valence-electron chi connectivity index (χ3n) is 3.42. The number of esters is 1. The second kappa shape index (κ2) is 9.30. The Morgan fingerprint density at radius 3 is 1.89 bits per heavy atom. The first-order chi connectivity index (χ1) is 13.1. The summed E-state index contributed by atoms with van der Waals surface area (Å²) in [4.78, 5) is 11.5. The van der Waals surface area contributed by atoms with Crippen LogP contribution in [0, 0.1) is 0 Å². The van der Waals surface area contributed by atoms with Gasteiger partial charge < -0.3 is 14.2 Å². The molecule has 0 aliphatic heterocycles. The molecule has 4 nitrogen and oxygen atoms in total. The van der Waals surface area contributed by atoms with Crippen molar-refractivity contribution < 1.29 is 32.2 Å². The lowest BCUT2D eigenvalue weighted by atomic mass is 10.2. The minimum Gasteiger partial charge on any atom is -0.487 e. The maximum absolute atomic E-state index is 12.6. The van der Waals surface area contributed by atoms with Gasteiger partial charge in [-0.3, -0.25) is 0 Å². The van der Waals surface area contributed by atoms with E-state index in [9.17, 15) is 18.0 Å². The molecule has 1 atom stereocenters. The fraction of sp³-hybridized carbons (Fsp3) is 0.286. The zero-order valence-corrected chi connectivity index (χ0v) is 15.7. The van der Waals surface area contributed by atoms with Gasteiger partial charge in [-0.05, 0) is 75.4 Å². The molecule has 0 spiro atoms. The van der Waals surface area contributed by atoms with Gasteiger partial charge in [0.2, 0.25) is 0 Å². The molecular weight excluding hydrogens is 373 g/mol. The van der Waals surface area contributed by atoms with Gasteiger partial charge in [0, 0.05) is 6.08 Å². The number of carbonyl (C=O) groups excluding carboxylic acids is 1. The number of halogens is 3. The summed E-state index contributed by atoms with van der Waals surface area (Å²) in [7, 11) is 0. The molecule has 150 valence electrons. The predicted octanol–water partition coefficient (Wildman–Crippen LogP) is 5.77. The van der Waals surface area contributed by atoms with E-state index in [1.54, 1.807) is 51.1 Å². The number of carbonyl (C=O) groups is 1. The van der Waals surface area contributed by atoms with Gasteiger partial charge in [0.15, 0.2) is 0 Å². The summed E-state index contributed by atoms with van der Waals surface area (Å²) in [6.07, 6.45) is -2.04. The van der Waals surface area contributed by atoms with Crippen molar-refractivity contribution in [3.8, 4) is 17.2 Å². The lowest BCUT2D eigenvalue weighted by Gasteiger charge is -2.12. The Morgan fingerprint density at radius 1 is 0.893 bits per heavy atom. The van der Waals surface area contributed by atoms with E-state index in [-0.39, 0.29) is 12.2 Å². The Hall–Kier alpha value is -2.96. The third kappa shape index (κ3) is 6.98. The molecule has 0 aliphatic rings. The summed E-state index contributed by atoms with van der Waals surface area (Å²) in [5.41, 5.74) is -0.733. The van der Waals surface area contributed by atoms with E-state index >= 15 is 0 Å². The van der Waals surface area contributed by atoms with Crippen LogP contribution in [0.15, 0.2) is 60.7 Å². The Labute approximate surface area is 161 Å². The zero-order chi connectivity index (χ0) is 20.7. The van der Waals surface area contributed by atoms with Crippen LogP contribution in [-0.2, 0) is 15.7 Å². The number of ether oxygens (including phenoxy) is 3. The lowest BCUT2D eigenvalue weighted by Crippen LogP contribution is -2.12. The van der Waals surface area contributed by atoms with Crippen molar-refractivity contribution in [1.29, 1.82) is 0 Å². The molecule has 0 aliphatic carbocycles.